The van der Waals surface area contributed by atoms with Crippen LogP contribution in [0.3, 0.4) is 0 Å². The highest BCUT2D eigenvalue weighted by molar-refractivity contribution is 5.82. The van der Waals surface area contributed by atoms with Crippen LogP contribution in [0.25, 0.3) is 0 Å². The lowest BCUT2D eigenvalue weighted by atomic mass is 10.2. The highest BCUT2D eigenvalue weighted by Crippen LogP contribution is 2.31. The third-order valence-corrected chi connectivity index (χ3v) is 6.01. The number of hydrogen-bond acceptors (Lipinski definition) is 6. The fourth-order valence-corrected chi connectivity index (χ4v) is 4.02. The Morgan fingerprint density at radius 2 is 1.62 bits per heavy atom. The van der Waals surface area contributed by atoms with Gasteiger partial charge < -0.3 is 14.7 Å². The molecule has 2 heterocycles. The van der Waals surface area contributed by atoms with Crippen molar-refractivity contribution in [2.75, 3.05) is 63.8 Å². The van der Waals surface area contributed by atoms with E-state index in [0.717, 1.165) is 44.7 Å². The molecule has 0 aromatic heterocycles. The predicted molar refractivity (Wildman–Crippen MR) is 108 cm³/mol. The quantitative estimate of drug-likeness (QED) is 0.535. The summed E-state index contributed by atoms with van der Waals surface area (Å²) < 4.78 is 0. The normalized spacial score (nSPS) is 20.6. The van der Waals surface area contributed by atoms with Crippen molar-refractivity contribution in [2.45, 2.75) is 12.8 Å². The lowest BCUT2D eigenvalue weighted by molar-refractivity contribution is -0.384. The lowest BCUT2D eigenvalue weighted by Gasteiger charge is -2.38. The molecule has 1 saturated carbocycles. The number of carbonyl (C=O) groups excluding carboxylic acids is 2. The van der Waals surface area contributed by atoms with Crippen LogP contribution in [0, 0.1) is 16.0 Å². The number of benzene rings is 1. The number of piperazine rings is 2. The largest absolute Gasteiger partial charge is 0.369 e. The maximum atomic E-state index is 12.7. The van der Waals surface area contributed by atoms with Crippen LogP contribution in [-0.2, 0) is 9.59 Å². The van der Waals surface area contributed by atoms with Crippen molar-refractivity contribution >= 4 is 23.2 Å². The summed E-state index contributed by atoms with van der Waals surface area (Å²) in [5.74, 6) is 0.612. The number of carbonyl (C=O) groups is 2. The number of nitrogens with zero attached hydrogens (tertiary/aromatic N) is 5. The summed E-state index contributed by atoms with van der Waals surface area (Å²) in [6, 6.07) is 6.69. The summed E-state index contributed by atoms with van der Waals surface area (Å²) in [6.45, 7) is 5.86. The second kappa shape index (κ2) is 8.36. The first-order valence-electron chi connectivity index (χ1n) is 10.3. The molecule has 3 fully saturated rings. The Morgan fingerprint density at radius 1 is 0.966 bits per heavy atom. The van der Waals surface area contributed by atoms with E-state index >= 15 is 0 Å². The smallest absolute Gasteiger partial charge is 0.271 e. The van der Waals surface area contributed by atoms with Gasteiger partial charge in [0.2, 0.25) is 11.8 Å². The van der Waals surface area contributed by atoms with E-state index in [1.807, 2.05) is 15.9 Å². The maximum absolute atomic E-state index is 12.7. The van der Waals surface area contributed by atoms with E-state index in [9.17, 15) is 19.7 Å². The number of nitro benzene ring substituents is 1. The molecule has 1 aromatic carbocycles. The van der Waals surface area contributed by atoms with Crippen molar-refractivity contribution in [3.05, 3.63) is 34.4 Å². The molecule has 1 aliphatic carbocycles. The van der Waals surface area contributed by atoms with Crippen molar-refractivity contribution in [2.24, 2.45) is 5.92 Å². The Kier molecular flexibility index (Phi) is 5.66. The number of anilines is 1. The fourth-order valence-electron chi connectivity index (χ4n) is 4.02. The third kappa shape index (κ3) is 4.67. The zero-order chi connectivity index (χ0) is 20.4. The second-order valence-electron chi connectivity index (χ2n) is 8.02. The van der Waals surface area contributed by atoms with Gasteiger partial charge in [0.1, 0.15) is 0 Å². The molecule has 4 rings (SSSR count). The Labute approximate surface area is 170 Å². The Hall–Kier alpha value is -2.68. The predicted octanol–water partition coefficient (Wildman–Crippen LogP) is 0.798. The van der Waals surface area contributed by atoms with Crippen LogP contribution in [0.1, 0.15) is 12.8 Å². The fraction of sp³-hybridized carbons (Fsp3) is 0.600. The van der Waals surface area contributed by atoms with Crippen LogP contribution in [0.4, 0.5) is 11.4 Å². The molecule has 0 bridgehead atoms. The number of rotatable bonds is 5. The minimum atomic E-state index is -0.379. The van der Waals surface area contributed by atoms with Crippen molar-refractivity contribution < 1.29 is 14.5 Å². The summed E-state index contributed by atoms with van der Waals surface area (Å²) in [6.07, 6.45) is 2.03. The van der Waals surface area contributed by atoms with Crippen LogP contribution >= 0.6 is 0 Å². The first-order valence-corrected chi connectivity index (χ1v) is 10.3. The molecule has 2 saturated heterocycles. The van der Waals surface area contributed by atoms with E-state index < -0.39 is 0 Å². The standard InChI is InChI=1S/C20H27N5O4/c26-19(23-10-12-24(13-11-23)20(27)16-4-5-16)15-21-6-8-22(9-7-21)17-2-1-3-18(14-17)25(28)29/h1-3,14,16H,4-13,15H2. The van der Waals surface area contributed by atoms with E-state index in [1.165, 1.54) is 6.07 Å². The average molecular weight is 401 g/mol. The molecule has 0 N–H and O–H groups in total. The van der Waals surface area contributed by atoms with Gasteiger partial charge in [-0.3, -0.25) is 24.6 Å². The van der Waals surface area contributed by atoms with Crippen molar-refractivity contribution in [3.63, 3.8) is 0 Å². The number of hydrogen-bond donors (Lipinski definition) is 0. The van der Waals surface area contributed by atoms with E-state index in [2.05, 4.69) is 9.80 Å². The van der Waals surface area contributed by atoms with Crippen molar-refractivity contribution in [3.8, 4) is 0 Å². The molecule has 0 radical (unpaired) electrons. The summed E-state index contributed by atoms with van der Waals surface area (Å²) in [5.41, 5.74) is 0.945. The Morgan fingerprint density at radius 3 is 2.24 bits per heavy atom. The van der Waals surface area contributed by atoms with Gasteiger partial charge in [-0.15, -0.1) is 0 Å². The van der Waals surface area contributed by atoms with Gasteiger partial charge in [0.05, 0.1) is 11.5 Å². The van der Waals surface area contributed by atoms with Crippen LogP contribution in [0.2, 0.25) is 0 Å². The van der Waals surface area contributed by atoms with Crippen LogP contribution in [0.15, 0.2) is 24.3 Å². The zero-order valence-electron chi connectivity index (χ0n) is 16.5. The molecule has 29 heavy (non-hydrogen) atoms. The first kappa shape index (κ1) is 19.6. The Bertz CT molecular complexity index is 781. The van der Waals surface area contributed by atoms with Gasteiger partial charge in [-0.2, -0.15) is 0 Å². The van der Waals surface area contributed by atoms with Crippen LogP contribution in [-0.4, -0.2) is 90.3 Å². The molecule has 0 unspecified atom stereocenters. The highest BCUT2D eigenvalue weighted by Gasteiger charge is 2.35. The van der Waals surface area contributed by atoms with Gasteiger partial charge in [-0.25, -0.2) is 0 Å². The molecule has 9 nitrogen and oxygen atoms in total. The van der Waals surface area contributed by atoms with Crippen LogP contribution in [0.5, 0.6) is 0 Å². The monoisotopic (exact) mass is 401 g/mol. The van der Waals surface area contributed by atoms with Gasteiger partial charge in [0.15, 0.2) is 0 Å². The summed E-state index contributed by atoms with van der Waals surface area (Å²) in [7, 11) is 0. The van der Waals surface area contributed by atoms with E-state index in [0.29, 0.717) is 32.7 Å². The van der Waals surface area contributed by atoms with E-state index in [4.69, 9.17) is 0 Å². The Balaban J connectivity index is 1.22. The number of amides is 2. The zero-order valence-corrected chi connectivity index (χ0v) is 16.5. The van der Waals surface area contributed by atoms with Gasteiger partial charge in [0.25, 0.3) is 5.69 Å². The van der Waals surface area contributed by atoms with Gasteiger partial charge in [0, 0.05) is 76.1 Å². The molecular weight excluding hydrogens is 374 g/mol. The molecule has 1 aromatic rings. The topological polar surface area (TPSA) is 90.2 Å². The molecule has 0 spiro atoms. The van der Waals surface area contributed by atoms with Crippen LogP contribution < -0.4 is 4.90 Å². The summed E-state index contributed by atoms with van der Waals surface area (Å²) in [4.78, 5) is 43.4. The second-order valence-corrected chi connectivity index (χ2v) is 8.02. The minimum absolute atomic E-state index is 0.0967. The van der Waals surface area contributed by atoms with Gasteiger partial charge in [-0.1, -0.05) is 6.07 Å². The lowest BCUT2D eigenvalue weighted by Crippen LogP contribution is -2.54. The number of non-ortho nitro benzene ring substituents is 1. The third-order valence-electron chi connectivity index (χ3n) is 6.01. The first-order chi connectivity index (χ1) is 14.0. The van der Waals surface area contributed by atoms with Crippen molar-refractivity contribution in [1.29, 1.82) is 0 Å². The number of nitro groups is 1. The molecular formula is C20H27N5O4. The molecule has 0 atom stereocenters. The molecule has 3 aliphatic rings. The SMILES string of the molecule is O=C(CN1CCN(c2cccc([N+](=O)[O-])c2)CC1)N1CCN(C(=O)C2CC2)CC1. The van der Waals surface area contributed by atoms with Gasteiger partial charge >= 0.3 is 0 Å². The van der Waals surface area contributed by atoms with Gasteiger partial charge in [-0.05, 0) is 18.9 Å². The molecule has 2 aliphatic heterocycles. The summed E-state index contributed by atoms with van der Waals surface area (Å²) >= 11 is 0. The van der Waals surface area contributed by atoms with E-state index in [-0.39, 0.29) is 28.3 Å². The molecule has 2 amide bonds. The minimum Gasteiger partial charge on any atom is -0.369 e. The summed E-state index contributed by atoms with van der Waals surface area (Å²) in [5, 5.41) is 11.0. The van der Waals surface area contributed by atoms with E-state index in [1.54, 1.807) is 12.1 Å². The average Bonchev–Trinajstić information content (AvgIpc) is 3.59. The molecule has 156 valence electrons. The highest BCUT2D eigenvalue weighted by atomic mass is 16.6. The maximum Gasteiger partial charge on any atom is 0.271 e. The van der Waals surface area contributed by atoms with Crippen molar-refractivity contribution in [1.82, 2.24) is 14.7 Å². The molecule has 9 heteroatoms.